The molecule has 0 heterocycles. The Kier molecular flexibility index (Phi) is 6.76. The Bertz CT molecular complexity index is 251. The Morgan fingerprint density at radius 3 is 2.12 bits per heavy atom. The fraction of sp³-hybridized carbons (Fsp3) is 0.800. The smallest absolute Gasteiger partial charge is 0.322 e. The van der Waals surface area contributed by atoms with E-state index in [0.29, 0.717) is 6.54 Å². The van der Waals surface area contributed by atoms with Crippen LogP contribution >= 0.6 is 23.2 Å². The van der Waals surface area contributed by atoms with Gasteiger partial charge >= 0.3 is 5.97 Å². The second-order valence-electron chi connectivity index (χ2n) is 4.57. The summed E-state index contributed by atoms with van der Waals surface area (Å²) in [5.41, 5.74) is -0.0882. The van der Waals surface area contributed by atoms with Gasteiger partial charge in [0.25, 0.3) is 0 Å². The Morgan fingerprint density at radius 2 is 1.75 bits per heavy atom. The minimum Gasteiger partial charge on any atom is -0.443 e. The van der Waals surface area contributed by atoms with Gasteiger partial charge in [0.2, 0.25) is 5.91 Å². The third-order valence-electron chi connectivity index (χ3n) is 1.62. The molecule has 4 nitrogen and oxygen atoms in total. The molecule has 0 aliphatic carbocycles. The number of rotatable bonds is 5. The molecule has 16 heavy (non-hydrogen) atoms. The van der Waals surface area contributed by atoms with Gasteiger partial charge in [-0.2, -0.15) is 0 Å². The minimum absolute atomic E-state index is 0.0882. The molecule has 0 radical (unpaired) electrons. The summed E-state index contributed by atoms with van der Waals surface area (Å²) in [7, 11) is 0. The first kappa shape index (κ1) is 15.5. The van der Waals surface area contributed by atoms with E-state index < -0.39 is 5.97 Å². The summed E-state index contributed by atoms with van der Waals surface area (Å²) < 4.78 is 4.80. The summed E-state index contributed by atoms with van der Waals surface area (Å²) in [6, 6.07) is 0. The molecule has 1 amide bonds. The summed E-state index contributed by atoms with van der Waals surface area (Å²) in [6.07, 6.45) is 0. The molecule has 0 atom stereocenters. The number of hydrogen-bond acceptors (Lipinski definition) is 3. The molecular weight excluding hydrogens is 253 g/mol. The van der Waals surface area contributed by atoms with Crippen LogP contribution < -0.4 is 0 Å². The van der Waals surface area contributed by atoms with Crippen LogP contribution in [-0.2, 0) is 14.3 Å². The molecule has 6 heteroatoms. The van der Waals surface area contributed by atoms with E-state index in [1.54, 1.807) is 0 Å². The number of esters is 1. The van der Waals surface area contributed by atoms with Crippen LogP contribution in [0, 0.1) is 5.41 Å². The van der Waals surface area contributed by atoms with Gasteiger partial charge in [0.05, 0.1) is 0 Å². The number of carbonyl (C=O) groups is 2. The van der Waals surface area contributed by atoms with Gasteiger partial charge < -0.3 is 9.64 Å². The number of ether oxygens (including phenoxy) is 1. The lowest BCUT2D eigenvalue weighted by Gasteiger charge is -2.28. The Balaban J connectivity index is 4.33. The van der Waals surface area contributed by atoms with Gasteiger partial charge in [0.1, 0.15) is 11.8 Å². The average molecular weight is 270 g/mol. The quantitative estimate of drug-likeness (QED) is 0.435. The van der Waals surface area contributed by atoms with Gasteiger partial charge in [0.15, 0.2) is 6.73 Å². The van der Waals surface area contributed by atoms with Crippen molar-refractivity contribution in [2.45, 2.75) is 20.8 Å². The average Bonchev–Trinajstić information content (AvgIpc) is 2.20. The predicted molar refractivity (Wildman–Crippen MR) is 63.6 cm³/mol. The SMILES string of the molecule is CC(C)(C)CN(COC(=O)CCl)C(=O)CCl. The van der Waals surface area contributed by atoms with Crippen LogP contribution in [0.3, 0.4) is 0 Å². The monoisotopic (exact) mass is 269 g/mol. The standard InChI is InChI=1S/C10H17Cl2NO3/c1-10(2,3)6-13(8(14)4-11)7-16-9(15)5-12/h4-7H2,1-3H3. The largest absolute Gasteiger partial charge is 0.443 e. The first-order valence-electron chi connectivity index (χ1n) is 4.85. The molecule has 0 spiro atoms. The highest BCUT2D eigenvalue weighted by Crippen LogP contribution is 2.15. The summed E-state index contributed by atoms with van der Waals surface area (Å²) >= 11 is 10.7. The highest BCUT2D eigenvalue weighted by atomic mass is 35.5. The first-order valence-corrected chi connectivity index (χ1v) is 5.92. The molecule has 0 N–H and O–H groups in total. The van der Waals surface area contributed by atoms with Crippen molar-refractivity contribution in [2.24, 2.45) is 5.41 Å². The highest BCUT2D eigenvalue weighted by Gasteiger charge is 2.21. The number of hydrogen-bond donors (Lipinski definition) is 0. The molecule has 0 bridgehead atoms. The molecule has 0 fully saturated rings. The summed E-state index contributed by atoms with van der Waals surface area (Å²) in [4.78, 5) is 23.7. The lowest BCUT2D eigenvalue weighted by Crippen LogP contribution is -2.40. The van der Waals surface area contributed by atoms with Crippen LogP contribution in [-0.4, -0.2) is 41.8 Å². The summed E-state index contributed by atoms with van der Waals surface area (Å²) in [5.74, 6) is -1.17. The van der Waals surface area contributed by atoms with E-state index in [9.17, 15) is 9.59 Å². The van der Waals surface area contributed by atoms with Crippen molar-refractivity contribution in [3.63, 3.8) is 0 Å². The zero-order valence-corrected chi connectivity index (χ0v) is 11.3. The van der Waals surface area contributed by atoms with Gasteiger partial charge in [-0.05, 0) is 5.41 Å². The van der Waals surface area contributed by atoms with Crippen molar-refractivity contribution in [1.29, 1.82) is 0 Å². The van der Waals surface area contributed by atoms with E-state index in [1.165, 1.54) is 4.90 Å². The van der Waals surface area contributed by atoms with E-state index in [2.05, 4.69) is 0 Å². The van der Waals surface area contributed by atoms with Crippen molar-refractivity contribution in [2.75, 3.05) is 25.0 Å². The fourth-order valence-corrected chi connectivity index (χ4v) is 1.30. The van der Waals surface area contributed by atoms with Crippen molar-refractivity contribution < 1.29 is 14.3 Å². The Hall–Kier alpha value is -0.480. The van der Waals surface area contributed by atoms with E-state index in [1.807, 2.05) is 20.8 Å². The van der Waals surface area contributed by atoms with Crippen molar-refractivity contribution in [1.82, 2.24) is 4.90 Å². The predicted octanol–water partition coefficient (Wildman–Crippen LogP) is 1.84. The van der Waals surface area contributed by atoms with Crippen LogP contribution in [0.4, 0.5) is 0 Å². The number of amides is 1. The van der Waals surface area contributed by atoms with Crippen LogP contribution in [0.25, 0.3) is 0 Å². The zero-order valence-electron chi connectivity index (χ0n) is 9.76. The molecule has 0 aliphatic heterocycles. The second kappa shape index (κ2) is 6.97. The van der Waals surface area contributed by atoms with Crippen LogP contribution in [0.2, 0.25) is 0 Å². The molecule has 0 saturated heterocycles. The first-order chi connectivity index (χ1) is 7.30. The van der Waals surface area contributed by atoms with Gasteiger partial charge in [-0.1, -0.05) is 20.8 Å². The van der Waals surface area contributed by atoms with Gasteiger partial charge in [-0.25, -0.2) is 0 Å². The Labute approximate surface area is 106 Å². The number of carbonyl (C=O) groups excluding carboxylic acids is 2. The molecule has 0 unspecified atom stereocenters. The topological polar surface area (TPSA) is 46.6 Å². The number of halogens is 2. The lowest BCUT2D eigenvalue weighted by atomic mass is 9.96. The van der Waals surface area contributed by atoms with Crippen molar-refractivity contribution >= 4 is 35.1 Å². The molecule has 0 aromatic rings. The Morgan fingerprint density at radius 1 is 1.19 bits per heavy atom. The molecule has 0 aliphatic rings. The molecular formula is C10H17Cl2NO3. The van der Waals surface area contributed by atoms with E-state index in [0.717, 1.165) is 0 Å². The van der Waals surface area contributed by atoms with Crippen LogP contribution in [0.5, 0.6) is 0 Å². The zero-order chi connectivity index (χ0) is 12.8. The van der Waals surface area contributed by atoms with Crippen molar-refractivity contribution in [3.05, 3.63) is 0 Å². The van der Waals surface area contributed by atoms with Gasteiger partial charge in [-0.3, -0.25) is 9.59 Å². The molecule has 0 saturated carbocycles. The minimum atomic E-state index is -0.553. The number of alkyl halides is 2. The molecule has 0 aromatic carbocycles. The van der Waals surface area contributed by atoms with Gasteiger partial charge in [0, 0.05) is 6.54 Å². The van der Waals surface area contributed by atoms with Crippen molar-refractivity contribution in [3.8, 4) is 0 Å². The maximum atomic E-state index is 11.5. The maximum absolute atomic E-state index is 11.5. The van der Waals surface area contributed by atoms with E-state index in [4.69, 9.17) is 27.9 Å². The third-order valence-corrected chi connectivity index (χ3v) is 2.07. The van der Waals surface area contributed by atoms with E-state index >= 15 is 0 Å². The van der Waals surface area contributed by atoms with E-state index in [-0.39, 0.29) is 29.8 Å². The third kappa shape index (κ3) is 6.90. The maximum Gasteiger partial charge on any atom is 0.322 e. The fourth-order valence-electron chi connectivity index (χ4n) is 1.05. The second-order valence-corrected chi connectivity index (χ2v) is 5.10. The van der Waals surface area contributed by atoms with Crippen LogP contribution in [0.1, 0.15) is 20.8 Å². The molecule has 94 valence electrons. The normalized spacial score (nSPS) is 11.1. The van der Waals surface area contributed by atoms with Crippen LogP contribution in [0.15, 0.2) is 0 Å². The number of nitrogens with zero attached hydrogens (tertiary/aromatic N) is 1. The summed E-state index contributed by atoms with van der Waals surface area (Å²) in [5, 5.41) is 0. The summed E-state index contributed by atoms with van der Waals surface area (Å²) in [6.45, 7) is 6.29. The molecule has 0 aromatic heterocycles. The highest BCUT2D eigenvalue weighted by molar-refractivity contribution is 6.27. The van der Waals surface area contributed by atoms with Gasteiger partial charge in [-0.15, -0.1) is 23.2 Å². The lowest BCUT2D eigenvalue weighted by molar-refractivity contribution is -0.150. The molecule has 0 rings (SSSR count).